The van der Waals surface area contributed by atoms with Crippen molar-refractivity contribution in [2.75, 3.05) is 16.3 Å². The summed E-state index contributed by atoms with van der Waals surface area (Å²) in [6, 6.07) is 10.5. The molecule has 0 radical (unpaired) electrons. The Morgan fingerprint density at radius 2 is 1.76 bits per heavy atom. The standard InChI is InChI=1S/C25H24FN3O3S/c1-12-9-10-19(17(26)11-12)28-22-14(3)25(31)32-23-20(15(4)27-24(30)21(22)23)16-7-6-8-18(13(16)2)29-33-5/h6-11,28-29H,1-5H3,(H,27,30). The molecule has 2 aromatic heterocycles. The predicted molar refractivity (Wildman–Crippen MR) is 134 cm³/mol. The third-order valence-electron chi connectivity index (χ3n) is 5.68. The van der Waals surface area contributed by atoms with Gasteiger partial charge in [-0.15, -0.1) is 0 Å². The molecule has 0 fully saturated rings. The van der Waals surface area contributed by atoms with E-state index in [0.29, 0.717) is 11.3 Å². The van der Waals surface area contributed by atoms with Crippen LogP contribution in [0.3, 0.4) is 0 Å². The van der Waals surface area contributed by atoms with Gasteiger partial charge in [-0.05, 0) is 62.6 Å². The first-order chi connectivity index (χ1) is 15.7. The van der Waals surface area contributed by atoms with E-state index in [-0.39, 0.29) is 27.9 Å². The first-order valence-corrected chi connectivity index (χ1v) is 11.6. The molecular weight excluding hydrogens is 441 g/mol. The van der Waals surface area contributed by atoms with Gasteiger partial charge in [0.1, 0.15) is 11.2 Å². The summed E-state index contributed by atoms with van der Waals surface area (Å²) in [7, 11) is 0. The maximum Gasteiger partial charge on any atom is 0.341 e. The highest BCUT2D eigenvalue weighted by Gasteiger charge is 2.22. The molecule has 2 heterocycles. The Labute approximate surface area is 194 Å². The Morgan fingerprint density at radius 1 is 1.00 bits per heavy atom. The van der Waals surface area contributed by atoms with Gasteiger partial charge in [0, 0.05) is 23.2 Å². The van der Waals surface area contributed by atoms with Gasteiger partial charge in [-0.25, -0.2) is 9.18 Å². The first-order valence-electron chi connectivity index (χ1n) is 10.3. The monoisotopic (exact) mass is 465 g/mol. The highest BCUT2D eigenvalue weighted by atomic mass is 32.2. The summed E-state index contributed by atoms with van der Waals surface area (Å²) < 4.78 is 23.5. The molecule has 8 heteroatoms. The summed E-state index contributed by atoms with van der Waals surface area (Å²) in [5.74, 6) is -0.480. The number of nitrogens with one attached hydrogen (secondary N) is 3. The van der Waals surface area contributed by atoms with Gasteiger partial charge in [0.25, 0.3) is 5.56 Å². The number of hydrogen-bond donors (Lipinski definition) is 3. The zero-order chi connectivity index (χ0) is 23.9. The third kappa shape index (κ3) is 4.02. The summed E-state index contributed by atoms with van der Waals surface area (Å²) in [5.41, 5.74) is 4.31. The average molecular weight is 466 g/mol. The number of hydrogen-bond acceptors (Lipinski definition) is 6. The molecule has 0 atom stereocenters. The number of aromatic nitrogens is 1. The Morgan fingerprint density at radius 3 is 2.45 bits per heavy atom. The molecule has 0 saturated carbocycles. The van der Waals surface area contributed by atoms with Gasteiger partial charge >= 0.3 is 5.63 Å². The molecule has 2 aromatic carbocycles. The topological polar surface area (TPSA) is 87.1 Å². The molecule has 4 rings (SSSR count). The van der Waals surface area contributed by atoms with Crippen molar-refractivity contribution in [2.45, 2.75) is 27.7 Å². The highest BCUT2D eigenvalue weighted by molar-refractivity contribution is 7.99. The number of rotatable bonds is 5. The summed E-state index contributed by atoms with van der Waals surface area (Å²) in [6.45, 7) is 7.05. The number of halogens is 1. The van der Waals surface area contributed by atoms with Crippen molar-refractivity contribution in [3.63, 3.8) is 0 Å². The van der Waals surface area contributed by atoms with Crippen molar-refractivity contribution in [1.82, 2.24) is 4.98 Å². The van der Waals surface area contributed by atoms with Gasteiger partial charge in [-0.3, -0.25) is 4.79 Å². The average Bonchev–Trinajstić information content (AvgIpc) is 2.75. The lowest BCUT2D eigenvalue weighted by atomic mass is 9.96. The van der Waals surface area contributed by atoms with Gasteiger partial charge in [-0.1, -0.05) is 30.1 Å². The Hall–Kier alpha value is -3.52. The number of fused-ring (bicyclic) bond motifs is 1. The van der Waals surface area contributed by atoms with Crippen molar-refractivity contribution >= 4 is 40.0 Å². The second kappa shape index (κ2) is 8.78. The van der Waals surface area contributed by atoms with Crippen LogP contribution in [0.2, 0.25) is 0 Å². The van der Waals surface area contributed by atoms with E-state index < -0.39 is 17.0 Å². The first kappa shape index (κ1) is 22.7. The van der Waals surface area contributed by atoms with Crippen LogP contribution in [0.15, 0.2) is 50.4 Å². The number of pyridine rings is 1. The van der Waals surface area contributed by atoms with E-state index in [1.54, 1.807) is 32.9 Å². The number of anilines is 3. The smallest absolute Gasteiger partial charge is 0.341 e. The summed E-state index contributed by atoms with van der Waals surface area (Å²) in [4.78, 5) is 28.8. The van der Waals surface area contributed by atoms with Crippen LogP contribution in [0.4, 0.5) is 21.5 Å². The van der Waals surface area contributed by atoms with E-state index in [9.17, 15) is 14.0 Å². The van der Waals surface area contributed by atoms with Crippen LogP contribution in [0.25, 0.3) is 22.1 Å². The molecule has 0 spiro atoms. The largest absolute Gasteiger partial charge is 0.421 e. The van der Waals surface area contributed by atoms with E-state index in [1.807, 2.05) is 31.4 Å². The van der Waals surface area contributed by atoms with Crippen molar-refractivity contribution in [2.24, 2.45) is 0 Å². The quantitative estimate of drug-likeness (QED) is 0.316. The normalized spacial score (nSPS) is 11.1. The van der Waals surface area contributed by atoms with Crippen LogP contribution >= 0.6 is 11.9 Å². The molecule has 33 heavy (non-hydrogen) atoms. The van der Waals surface area contributed by atoms with Crippen LogP contribution in [0.5, 0.6) is 0 Å². The van der Waals surface area contributed by atoms with Gasteiger partial charge in [0.2, 0.25) is 0 Å². The van der Waals surface area contributed by atoms with Crippen molar-refractivity contribution in [1.29, 1.82) is 0 Å². The van der Waals surface area contributed by atoms with Crippen LogP contribution in [0.1, 0.15) is 22.4 Å². The van der Waals surface area contributed by atoms with Crippen LogP contribution in [-0.4, -0.2) is 11.2 Å². The van der Waals surface area contributed by atoms with Crippen molar-refractivity contribution < 1.29 is 8.81 Å². The number of aromatic amines is 1. The molecule has 170 valence electrons. The van der Waals surface area contributed by atoms with Gasteiger partial charge in [-0.2, -0.15) is 0 Å². The van der Waals surface area contributed by atoms with Gasteiger partial charge < -0.3 is 19.4 Å². The maximum absolute atomic E-state index is 14.6. The van der Waals surface area contributed by atoms with Crippen molar-refractivity contribution in [3.8, 4) is 11.1 Å². The van der Waals surface area contributed by atoms with Crippen LogP contribution < -0.4 is 21.2 Å². The fourth-order valence-electron chi connectivity index (χ4n) is 3.95. The molecule has 0 saturated heterocycles. The number of benzene rings is 2. The molecule has 0 aliphatic heterocycles. The van der Waals surface area contributed by atoms with E-state index >= 15 is 0 Å². The fraction of sp³-hybridized carbons (Fsp3) is 0.200. The van der Waals surface area contributed by atoms with Crippen LogP contribution in [0, 0.1) is 33.5 Å². The molecule has 6 nitrogen and oxygen atoms in total. The number of aryl methyl sites for hydroxylation is 2. The maximum atomic E-state index is 14.6. The molecule has 0 aliphatic rings. The molecular formula is C25H24FN3O3S. The lowest BCUT2D eigenvalue weighted by Crippen LogP contribution is -2.17. The highest BCUT2D eigenvalue weighted by Crippen LogP contribution is 2.37. The molecule has 4 aromatic rings. The lowest BCUT2D eigenvalue weighted by Gasteiger charge is -2.17. The lowest BCUT2D eigenvalue weighted by molar-refractivity contribution is 0.555. The van der Waals surface area contributed by atoms with Crippen LogP contribution in [-0.2, 0) is 0 Å². The molecule has 0 amide bonds. The summed E-state index contributed by atoms with van der Waals surface area (Å²) >= 11 is 1.47. The Bertz CT molecular complexity index is 1510. The van der Waals surface area contributed by atoms with Gasteiger partial charge in [0.15, 0.2) is 5.58 Å². The minimum Gasteiger partial charge on any atom is -0.421 e. The second-order valence-corrected chi connectivity index (χ2v) is 8.55. The van der Waals surface area contributed by atoms with E-state index in [0.717, 1.165) is 22.4 Å². The summed E-state index contributed by atoms with van der Waals surface area (Å²) in [6.07, 6.45) is 1.93. The van der Waals surface area contributed by atoms with Crippen molar-refractivity contribution in [3.05, 3.63) is 85.4 Å². The Balaban J connectivity index is 2.06. The SMILES string of the molecule is CSNc1cccc(-c2c(C)[nH]c(=O)c3c(Nc4ccc(C)cc4F)c(C)c(=O)oc23)c1C. The fourth-order valence-corrected chi connectivity index (χ4v) is 4.39. The minimum absolute atomic E-state index is 0.159. The summed E-state index contributed by atoms with van der Waals surface area (Å²) in [5, 5.41) is 3.13. The second-order valence-electron chi connectivity index (χ2n) is 7.94. The Kier molecular flexibility index (Phi) is 6.03. The zero-order valence-electron chi connectivity index (χ0n) is 19.0. The van der Waals surface area contributed by atoms with E-state index in [2.05, 4.69) is 15.0 Å². The third-order valence-corrected chi connectivity index (χ3v) is 6.11. The molecule has 0 bridgehead atoms. The zero-order valence-corrected chi connectivity index (χ0v) is 19.8. The molecule has 0 aliphatic carbocycles. The number of H-pyrrole nitrogens is 1. The van der Waals surface area contributed by atoms with E-state index in [1.165, 1.54) is 18.0 Å². The van der Waals surface area contributed by atoms with Gasteiger partial charge in [0.05, 0.1) is 16.9 Å². The minimum atomic E-state index is -0.597. The predicted octanol–water partition coefficient (Wildman–Crippen LogP) is 5.95. The van der Waals surface area contributed by atoms with E-state index in [4.69, 9.17) is 4.42 Å². The molecule has 0 unspecified atom stereocenters. The molecule has 3 N–H and O–H groups in total.